The van der Waals surface area contributed by atoms with E-state index in [1.165, 1.54) is 16.4 Å². The van der Waals surface area contributed by atoms with Crippen LogP contribution in [0.3, 0.4) is 0 Å². The first kappa shape index (κ1) is 18.9. The molecule has 1 aromatic rings. The van der Waals surface area contributed by atoms with Crippen LogP contribution in [0.15, 0.2) is 23.1 Å². The highest BCUT2D eigenvalue weighted by Gasteiger charge is 2.37. The molecule has 25 heavy (non-hydrogen) atoms. The van der Waals surface area contributed by atoms with Crippen molar-refractivity contribution in [1.82, 2.24) is 9.62 Å². The van der Waals surface area contributed by atoms with Crippen LogP contribution in [0.5, 0.6) is 0 Å². The maximum atomic E-state index is 12.9. The summed E-state index contributed by atoms with van der Waals surface area (Å²) in [6, 6.07) is 4.80. The fraction of sp³-hybridized carbons (Fsp3) is 0.562. The number of carbonyl (C=O) groups excluding carboxylic acids is 1. The van der Waals surface area contributed by atoms with E-state index in [-0.39, 0.29) is 26.9 Å². The highest BCUT2D eigenvalue weighted by molar-refractivity contribution is 7.89. The molecule has 1 saturated heterocycles. The van der Waals surface area contributed by atoms with Gasteiger partial charge in [0, 0.05) is 6.04 Å². The maximum Gasteiger partial charge on any atom is 0.278 e. The Hall–Kier alpha value is -0.860. The zero-order valence-electron chi connectivity index (χ0n) is 14.0. The molecule has 2 N–H and O–H groups in total. The number of piperazine rings is 1. The number of sulfonamides is 1. The molecule has 1 saturated carbocycles. The Morgan fingerprint density at radius 2 is 1.80 bits per heavy atom. The lowest BCUT2D eigenvalue weighted by Crippen LogP contribution is -3.19. The summed E-state index contributed by atoms with van der Waals surface area (Å²) in [6.07, 6.45) is 2.11. The van der Waals surface area contributed by atoms with E-state index in [0.717, 1.165) is 17.7 Å². The SMILES string of the molecule is C[C@H](C(=O)NC1CC1)[NH+]1CCN(S(=O)(=O)c2c(Cl)cccc2Cl)CC1. The molecule has 9 heteroatoms. The Balaban J connectivity index is 1.66. The highest BCUT2D eigenvalue weighted by atomic mass is 35.5. The lowest BCUT2D eigenvalue weighted by atomic mass is 10.2. The number of quaternary nitrogens is 1. The largest absolute Gasteiger partial charge is 0.348 e. The first-order valence-corrected chi connectivity index (χ1v) is 10.6. The zero-order valence-corrected chi connectivity index (χ0v) is 16.3. The predicted octanol–water partition coefficient (Wildman–Crippen LogP) is 0.550. The molecule has 0 radical (unpaired) electrons. The second-order valence-electron chi connectivity index (χ2n) is 6.62. The van der Waals surface area contributed by atoms with Gasteiger partial charge in [0.1, 0.15) is 4.90 Å². The van der Waals surface area contributed by atoms with Gasteiger partial charge in [0.25, 0.3) is 5.91 Å². The Bertz CT molecular complexity index is 740. The molecule has 1 atom stereocenters. The third-order valence-electron chi connectivity index (χ3n) is 4.81. The molecule has 1 amide bonds. The van der Waals surface area contributed by atoms with Crippen molar-refractivity contribution in [3.05, 3.63) is 28.2 Å². The molecular formula is C16H22Cl2N3O3S+. The summed E-state index contributed by atoms with van der Waals surface area (Å²) in [5, 5.41) is 3.26. The smallest absolute Gasteiger partial charge is 0.278 e. The van der Waals surface area contributed by atoms with Crippen LogP contribution in [0.1, 0.15) is 19.8 Å². The number of halogens is 2. The number of nitrogens with zero attached hydrogens (tertiary/aromatic N) is 1. The summed E-state index contributed by atoms with van der Waals surface area (Å²) >= 11 is 12.1. The minimum atomic E-state index is -3.75. The number of amides is 1. The molecule has 1 heterocycles. The summed E-state index contributed by atoms with van der Waals surface area (Å²) in [7, 11) is -3.75. The van der Waals surface area contributed by atoms with Gasteiger partial charge >= 0.3 is 0 Å². The van der Waals surface area contributed by atoms with Crippen molar-refractivity contribution < 1.29 is 18.1 Å². The maximum absolute atomic E-state index is 12.9. The average molecular weight is 407 g/mol. The van der Waals surface area contributed by atoms with Gasteiger partial charge in [-0.3, -0.25) is 4.79 Å². The average Bonchev–Trinajstić information content (AvgIpc) is 3.38. The normalized spacial score (nSPS) is 21.1. The number of carbonyl (C=O) groups is 1. The standard InChI is InChI=1S/C16H21Cl2N3O3S/c1-11(16(22)19-12-5-6-12)20-7-9-21(10-8-20)25(23,24)15-13(17)3-2-4-14(15)18/h2-4,11-12H,5-10H2,1H3,(H,19,22)/p+1/t11-/m1/s1. The van der Waals surface area contributed by atoms with E-state index in [1.54, 1.807) is 6.07 Å². The van der Waals surface area contributed by atoms with Gasteiger partial charge in [-0.05, 0) is 31.9 Å². The first-order chi connectivity index (χ1) is 11.8. The second-order valence-corrected chi connectivity index (χ2v) is 9.31. The summed E-state index contributed by atoms with van der Waals surface area (Å²) in [4.78, 5) is 13.2. The Morgan fingerprint density at radius 1 is 1.24 bits per heavy atom. The minimum Gasteiger partial charge on any atom is -0.348 e. The Morgan fingerprint density at radius 3 is 2.32 bits per heavy atom. The van der Waals surface area contributed by atoms with Crippen LogP contribution < -0.4 is 10.2 Å². The van der Waals surface area contributed by atoms with Crippen LogP contribution in [0.4, 0.5) is 0 Å². The zero-order chi connectivity index (χ0) is 18.2. The molecule has 1 aromatic carbocycles. The van der Waals surface area contributed by atoms with Crippen LogP contribution >= 0.6 is 23.2 Å². The van der Waals surface area contributed by atoms with Crippen molar-refractivity contribution in [2.75, 3.05) is 26.2 Å². The van der Waals surface area contributed by atoms with Crippen molar-refractivity contribution in [1.29, 1.82) is 0 Å². The van der Waals surface area contributed by atoms with Gasteiger partial charge in [0.2, 0.25) is 10.0 Å². The van der Waals surface area contributed by atoms with Gasteiger partial charge < -0.3 is 10.2 Å². The van der Waals surface area contributed by atoms with Gasteiger partial charge in [0.15, 0.2) is 6.04 Å². The summed E-state index contributed by atoms with van der Waals surface area (Å²) in [6.45, 7) is 3.70. The third kappa shape index (κ3) is 4.11. The molecule has 6 nitrogen and oxygen atoms in total. The van der Waals surface area contributed by atoms with Crippen molar-refractivity contribution in [3.63, 3.8) is 0 Å². The van der Waals surface area contributed by atoms with Gasteiger partial charge in [-0.1, -0.05) is 29.3 Å². The monoisotopic (exact) mass is 406 g/mol. The number of hydrogen-bond donors (Lipinski definition) is 2. The molecule has 2 fully saturated rings. The molecule has 3 rings (SSSR count). The summed E-state index contributed by atoms with van der Waals surface area (Å²) in [5.41, 5.74) is 0. The van der Waals surface area contributed by atoms with Crippen molar-refractivity contribution in [2.24, 2.45) is 0 Å². The van der Waals surface area contributed by atoms with E-state index in [1.807, 2.05) is 6.92 Å². The molecule has 0 bridgehead atoms. The van der Waals surface area contributed by atoms with Gasteiger partial charge in [-0.15, -0.1) is 0 Å². The number of rotatable bonds is 5. The summed E-state index contributed by atoms with van der Waals surface area (Å²) < 4.78 is 27.1. The predicted molar refractivity (Wildman–Crippen MR) is 96.5 cm³/mol. The van der Waals surface area contributed by atoms with Crippen LogP contribution in [0, 0.1) is 0 Å². The summed E-state index contributed by atoms with van der Waals surface area (Å²) in [5.74, 6) is 0.0444. The lowest BCUT2D eigenvalue weighted by molar-refractivity contribution is -0.917. The fourth-order valence-electron chi connectivity index (χ4n) is 3.04. The molecule has 0 aromatic heterocycles. The van der Waals surface area contributed by atoms with E-state index in [2.05, 4.69) is 5.32 Å². The van der Waals surface area contributed by atoms with Crippen LogP contribution in [-0.4, -0.2) is 56.9 Å². The molecule has 1 aliphatic heterocycles. The van der Waals surface area contributed by atoms with Gasteiger partial charge in [-0.2, -0.15) is 4.31 Å². The molecule has 1 aliphatic carbocycles. The molecule has 2 aliphatic rings. The van der Waals surface area contributed by atoms with Gasteiger partial charge in [0.05, 0.1) is 36.2 Å². The van der Waals surface area contributed by atoms with E-state index >= 15 is 0 Å². The van der Waals surface area contributed by atoms with E-state index < -0.39 is 10.0 Å². The fourth-order valence-corrected chi connectivity index (χ4v) is 5.58. The molecule has 0 unspecified atom stereocenters. The van der Waals surface area contributed by atoms with Crippen molar-refractivity contribution >= 4 is 39.1 Å². The van der Waals surface area contributed by atoms with Crippen LogP contribution in [-0.2, 0) is 14.8 Å². The Kier molecular flexibility index (Phi) is 5.60. The lowest BCUT2D eigenvalue weighted by Gasteiger charge is -2.34. The van der Waals surface area contributed by atoms with E-state index in [0.29, 0.717) is 32.2 Å². The van der Waals surface area contributed by atoms with Crippen LogP contribution in [0.2, 0.25) is 10.0 Å². The molecule has 138 valence electrons. The second kappa shape index (κ2) is 7.40. The van der Waals surface area contributed by atoms with Crippen molar-refractivity contribution in [2.45, 2.75) is 36.7 Å². The van der Waals surface area contributed by atoms with Gasteiger partial charge in [-0.25, -0.2) is 8.42 Å². The Labute approximate surface area is 158 Å². The minimum absolute atomic E-state index is 0.0405. The highest BCUT2D eigenvalue weighted by Crippen LogP contribution is 2.31. The number of nitrogens with one attached hydrogen (secondary N) is 2. The number of benzene rings is 1. The molecule has 0 spiro atoms. The topological polar surface area (TPSA) is 70.9 Å². The van der Waals surface area contributed by atoms with E-state index in [4.69, 9.17) is 23.2 Å². The quantitative estimate of drug-likeness (QED) is 0.749. The number of hydrogen-bond acceptors (Lipinski definition) is 3. The van der Waals surface area contributed by atoms with Crippen LogP contribution in [0.25, 0.3) is 0 Å². The third-order valence-corrected chi connectivity index (χ3v) is 7.67. The van der Waals surface area contributed by atoms with Crippen molar-refractivity contribution in [3.8, 4) is 0 Å². The van der Waals surface area contributed by atoms with E-state index in [9.17, 15) is 13.2 Å². The first-order valence-electron chi connectivity index (χ1n) is 8.40. The molecular weight excluding hydrogens is 385 g/mol.